The molecule has 5 atom stereocenters. The lowest BCUT2D eigenvalue weighted by Crippen LogP contribution is -2.75. The summed E-state index contributed by atoms with van der Waals surface area (Å²) in [6.45, 7) is 9.21. The third kappa shape index (κ3) is 3.32. The monoisotopic (exact) mass is 558 g/mol. The number of phenolic OH excluding ortho intramolecular Hbond substituents is 1. The van der Waals surface area contributed by atoms with Crippen LogP contribution in [-0.2, 0) is 14.4 Å². The van der Waals surface area contributed by atoms with Crippen molar-refractivity contribution >= 4 is 34.8 Å². The van der Waals surface area contributed by atoms with Crippen LogP contribution in [0.1, 0.15) is 56.9 Å². The van der Waals surface area contributed by atoms with Crippen LogP contribution in [-0.4, -0.2) is 54.6 Å². The molecule has 1 saturated carbocycles. The van der Waals surface area contributed by atoms with Gasteiger partial charge < -0.3 is 25.5 Å². The Morgan fingerprint density at radius 3 is 2.22 bits per heavy atom. The molecule has 0 aliphatic heterocycles. The first-order valence-corrected chi connectivity index (χ1v) is 13.6. The lowest BCUT2D eigenvalue weighted by molar-refractivity contribution is -0.207. The van der Waals surface area contributed by atoms with Crippen molar-refractivity contribution in [2.75, 3.05) is 0 Å². The van der Waals surface area contributed by atoms with Gasteiger partial charge in [0.25, 0.3) is 0 Å². The lowest BCUT2D eigenvalue weighted by atomic mass is 9.41. The van der Waals surface area contributed by atoms with Crippen LogP contribution in [0, 0.1) is 29.6 Å². The molecule has 0 amide bonds. The molecule has 0 spiro atoms. The molecule has 0 aromatic heterocycles. The third-order valence-electron chi connectivity index (χ3n) is 9.60. The van der Waals surface area contributed by atoms with Crippen molar-refractivity contribution in [3.63, 3.8) is 0 Å². The molecule has 1 unspecified atom stereocenters. The summed E-state index contributed by atoms with van der Waals surface area (Å²) < 4.78 is 0. The van der Waals surface area contributed by atoms with E-state index in [-0.39, 0.29) is 11.3 Å². The van der Waals surface area contributed by atoms with Gasteiger partial charge in [-0.2, -0.15) is 0 Å². The number of fused-ring (bicyclic) bond motifs is 3. The number of ketones is 3. The summed E-state index contributed by atoms with van der Waals surface area (Å²) in [6, 6.07) is 12.0. The van der Waals surface area contributed by atoms with Gasteiger partial charge in [0.15, 0.2) is 17.2 Å². The van der Waals surface area contributed by atoms with Gasteiger partial charge in [0.2, 0.25) is 5.78 Å². The second-order valence-electron chi connectivity index (χ2n) is 12.1. The van der Waals surface area contributed by atoms with Gasteiger partial charge in [-0.3, -0.25) is 14.4 Å². The molecule has 8 nitrogen and oxygen atoms in total. The Morgan fingerprint density at radius 1 is 1.00 bits per heavy atom. The van der Waals surface area contributed by atoms with E-state index in [1.807, 2.05) is 31.2 Å². The van der Waals surface area contributed by atoms with Crippen LogP contribution in [0.4, 0.5) is 0 Å². The maximum absolute atomic E-state index is 14.6. The molecule has 0 bridgehead atoms. The van der Waals surface area contributed by atoms with Gasteiger partial charge in [-0.1, -0.05) is 57.2 Å². The van der Waals surface area contributed by atoms with Gasteiger partial charge in [-0.15, -0.1) is 0 Å². The fourth-order valence-corrected chi connectivity index (χ4v) is 7.60. The standard InChI is InChI=1S/C33H34O8/c1-15(2)24-26(36)22(17(4)34)28(38)33(41)29(39)25-27(37)23-19(12-9-13-21(23)35)20(14-18-11-8-7-10-16(18)3)31(25,5)30(40)32(24,33)6/h7-15,24,30,35,37-38,40-41H,1-6H3/b20-14+/t24?,30-,31+,32+,33+/m1/s1. The number of aliphatic hydroxyl groups excluding tert-OH is 3. The van der Waals surface area contributed by atoms with Crippen molar-refractivity contribution < 1.29 is 39.9 Å². The van der Waals surface area contributed by atoms with Crippen molar-refractivity contribution in [3.05, 3.63) is 81.6 Å². The summed E-state index contributed by atoms with van der Waals surface area (Å²) >= 11 is 0. The summed E-state index contributed by atoms with van der Waals surface area (Å²) in [7, 11) is 0. The normalized spacial score (nSPS) is 32.3. The first kappa shape index (κ1) is 28.5. The van der Waals surface area contributed by atoms with E-state index in [2.05, 4.69) is 0 Å². The molecule has 8 heteroatoms. The van der Waals surface area contributed by atoms with Crippen molar-refractivity contribution in [2.24, 2.45) is 22.7 Å². The lowest BCUT2D eigenvalue weighted by Gasteiger charge is -2.62. The van der Waals surface area contributed by atoms with Gasteiger partial charge in [-0.25, -0.2) is 0 Å². The molecule has 1 fully saturated rings. The Labute approximate surface area is 238 Å². The average molecular weight is 559 g/mol. The molecule has 2 aromatic carbocycles. The number of rotatable bonds is 3. The highest BCUT2D eigenvalue weighted by atomic mass is 16.4. The maximum atomic E-state index is 14.6. The SMILES string of the molecule is CC(=O)C1=C(O)[C@]2(O)C(=O)C3=C(O)c4c(O)cccc4/C(=C\c4ccccc4C)[C@]3(C)[C@@H](O)[C@]2(C)C(C(C)C)C1=O. The number of carbonyl (C=O) groups excluding carboxylic acids is 3. The molecule has 0 heterocycles. The number of benzene rings is 2. The number of Topliss-reactive ketones (excluding diaryl/α,β-unsaturated/α-hetero) is 3. The number of aliphatic hydroxyl groups is 4. The second kappa shape index (κ2) is 8.99. The molecule has 2 aromatic rings. The summed E-state index contributed by atoms with van der Waals surface area (Å²) in [5, 5.41) is 58.6. The van der Waals surface area contributed by atoms with Crippen molar-refractivity contribution in [2.45, 2.75) is 53.2 Å². The van der Waals surface area contributed by atoms with E-state index in [1.54, 1.807) is 39.0 Å². The van der Waals surface area contributed by atoms with Crippen LogP contribution < -0.4 is 0 Å². The first-order valence-electron chi connectivity index (χ1n) is 13.6. The molecule has 214 valence electrons. The quantitative estimate of drug-likeness (QED) is 0.346. The fraction of sp³-hybridized carbons (Fsp3) is 0.364. The molecule has 0 radical (unpaired) electrons. The maximum Gasteiger partial charge on any atom is 0.203 e. The zero-order valence-electron chi connectivity index (χ0n) is 23.8. The number of hydrogen-bond acceptors (Lipinski definition) is 8. The van der Waals surface area contributed by atoms with E-state index in [1.165, 1.54) is 13.0 Å². The Hall–Kier alpha value is -4.01. The highest BCUT2D eigenvalue weighted by molar-refractivity contribution is 6.25. The number of hydrogen-bond donors (Lipinski definition) is 5. The number of aryl methyl sites for hydroxylation is 1. The van der Waals surface area contributed by atoms with Crippen LogP contribution in [0.25, 0.3) is 17.4 Å². The Balaban J connectivity index is 1.97. The number of carbonyl (C=O) groups is 3. The van der Waals surface area contributed by atoms with Crippen LogP contribution in [0.2, 0.25) is 0 Å². The van der Waals surface area contributed by atoms with E-state index in [9.17, 15) is 39.9 Å². The average Bonchev–Trinajstić information content (AvgIpc) is 2.89. The summed E-state index contributed by atoms with van der Waals surface area (Å²) in [5.74, 6) is -6.76. The highest BCUT2D eigenvalue weighted by Gasteiger charge is 2.76. The number of phenols is 1. The van der Waals surface area contributed by atoms with Crippen LogP contribution in [0.5, 0.6) is 5.75 Å². The Kier molecular flexibility index (Phi) is 6.26. The van der Waals surface area contributed by atoms with Crippen molar-refractivity contribution in [3.8, 4) is 5.75 Å². The summed E-state index contributed by atoms with van der Waals surface area (Å²) in [4.78, 5) is 41.0. The summed E-state index contributed by atoms with van der Waals surface area (Å²) in [5.41, 5.74) is -5.58. The van der Waals surface area contributed by atoms with E-state index in [4.69, 9.17) is 0 Å². The van der Waals surface area contributed by atoms with Gasteiger partial charge >= 0.3 is 0 Å². The van der Waals surface area contributed by atoms with E-state index in [0.717, 1.165) is 18.1 Å². The van der Waals surface area contributed by atoms with Crippen LogP contribution in [0.3, 0.4) is 0 Å². The van der Waals surface area contributed by atoms with Gasteiger partial charge in [0.05, 0.1) is 22.7 Å². The minimum atomic E-state index is -2.94. The molecule has 5 rings (SSSR count). The van der Waals surface area contributed by atoms with Crippen molar-refractivity contribution in [1.82, 2.24) is 0 Å². The molecular weight excluding hydrogens is 524 g/mol. The van der Waals surface area contributed by atoms with Gasteiger partial charge in [0.1, 0.15) is 22.8 Å². The molecular formula is C33H34O8. The van der Waals surface area contributed by atoms with Gasteiger partial charge in [-0.05, 0) is 61.1 Å². The number of aromatic hydroxyl groups is 1. The van der Waals surface area contributed by atoms with Gasteiger partial charge in [0, 0.05) is 11.3 Å². The minimum Gasteiger partial charge on any atom is -0.508 e. The molecule has 41 heavy (non-hydrogen) atoms. The zero-order chi connectivity index (χ0) is 30.4. The van der Waals surface area contributed by atoms with Crippen molar-refractivity contribution in [1.29, 1.82) is 0 Å². The predicted molar refractivity (Wildman–Crippen MR) is 153 cm³/mol. The Morgan fingerprint density at radius 2 is 1.63 bits per heavy atom. The fourth-order valence-electron chi connectivity index (χ4n) is 7.60. The molecule has 3 aliphatic carbocycles. The third-order valence-corrected chi connectivity index (χ3v) is 9.60. The van der Waals surface area contributed by atoms with E-state index < -0.39 is 74.4 Å². The topological polar surface area (TPSA) is 152 Å². The molecule has 5 N–H and O–H groups in total. The minimum absolute atomic E-state index is 0.0740. The molecule has 3 aliphatic rings. The Bertz CT molecular complexity index is 1640. The largest absolute Gasteiger partial charge is 0.508 e. The zero-order valence-corrected chi connectivity index (χ0v) is 23.8. The first-order chi connectivity index (χ1) is 19.1. The summed E-state index contributed by atoms with van der Waals surface area (Å²) in [6.07, 6.45) is 0.0170. The van der Waals surface area contributed by atoms with E-state index in [0.29, 0.717) is 11.1 Å². The van der Waals surface area contributed by atoms with Crippen LogP contribution in [0.15, 0.2) is 59.4 Å². The second-order valence-corrected chi connectivity index (χ2v) is 12.1. The predicted octanol–water partition coefficient (Wildman–Crippen LogP) is 4.47. The number of allylic oxidation sites excluding steroid dienone is 1. The van der Waals surface area contributed by atoms with Crippen LogP contribution >= 0.6 is 0 Å². The molecule has 0 saturated heterocycles. The van der Waals surface area contributed by atoms with E-state index >= 15 is 0 Å². The highest BCUT2D eigenvalue weighted by Crippen LogP contribution is 2.67. The smallest absolute Gasteiger partial charge is 0.203 e.